The molecule has 0 bridgehead atoms. The second-order valence-corrected chi connectivity index (χ2v) is 7.64. The molecule has 1 aromatic carbocycles. The van der Waals surface area contributed by atoms with Crippen LogP contribution in [0.5, 0.6) is 0 Å². The molecular formula is C15H15ClINS. The molecule has 0 radical (unpaired) electrons. The SMILES string of the molecule is CNC(c1ccc(-c2ccc(Cl)cc2I)s1)C1CC1. The molecular weight excluding hydrogens is 389 g/mol. The highest BCUT2D eigenvalue weighted by molar-refractivity contribution is 14.1. The minimum Gasteiger partial charge on any atom is -0.312 e. The van der Waals surface area contributed by atoms with Crippen LogP contribution in [0.2, 0.25) is 5.02 Å². The molecule has 1 heterocycles. The largest absolute Gasteiger partial charge is 0.312 e. The second-order valence-electron chi connectivity index (χ2n) is 4.93. The maximum absolute atomic E-state index is 6.02. The van der Waals surface area contributed by atoms with Crippen LogP contribution in [0.15, 0.2) is 30.3 Å². The summed E-state index contributed by atoms with van der Waals surface area (Å²) < 4.78 is 1.21. The maximum Gasteiger partial charge on any atom is 0.0441 e. The Labute approximate surface area is 136 Å². The zero-order chi connectivity index (χ0) is 13.4. The average Bonchev–Trinajstić information content (AvgIpc) is 3.09. The van der Waals surface area contributed by atoms with Crippen molar-refractivity contribution in [1.29, 1.82) is 0 Å². The number of hydrogen-bond donors (Lipinski definition) is 1. The minimum absolute atomic E-state index is 0.531. The van der Waals surface area contributed by atoms with Gasteiger partial charge in [0, 0.05) is 30.0 Å². The molecule has 1 aromatic heterocycles. The van der Waals surface area contributed by atoms with E-state index in [0.717, 1.165) is 10.9 Å². The fraction of sp³-hybridized carbons (Fsp3) is 0.333. The molecule has 1 saturated carbocycles. The third-order valence-electron chi connectivity index (χ3n) is 3.53. The molecule has 1 atom stereocenters. The van der Waals surface area contributed by atoms with Gasteiger partial charge in [0.25, 0.3) is 0 Å². The van der Waals surface area contributed by atoms with Crippen LogP contribution in [-0.2, 0) is 0 Å². The van der Waals surface area contributed by atoms with Gasteiger partial charge in [-0.25, -0.2) is 0 Å². The minimum atomic E-state index is 0.531. The van der Waals surface area contributed by atoms with Gasteiger partial charge in [-0.1, -0.05) is 17.7 Å². The first-order valence-electron chi connectivity index (χ1n) is 6.41. The van der Waals surface area contributed by atoms with E-state index in [0.29, 0.717) is 6.04 Å². The monoisotopic (exact) mass is 403 g/mol. The van der Waals surface area contributed by atoms with Gasteiger partial charge in [0.1, 0.15) is 0 Å². The normalized spacial score (nSPS) is 16.6. The van der Waals surface area contributed by atoms with E-state index in [1.165, 1.54) is 31.7 Å². The number of thiophene rings is 1. The fourth-order valence-corrected chi connectivity index (χ4v) is 4.99. The van der Waals surface area contributed by atoms with Gasteiger partial charge in [-0.15, -0.1) is 11.3 Å². The van der Waals surface area contributed by atoms with Gasteiger partial charge in [0.05, 0.1) is 0 Å². The molecule has 100 valence electrons. The third-order valence-corrected chi connectivity index (χ3v) is 5.86. The third kappa shape index (κ3) is 2.99. The molecule has 19 heavy (non-hydrogen) atoms. The number of nitrogens with one attached hydrogen (secondary N) is 1. The number of rotatable bonds is 4. The van der Waals surface area contributed by atoms with Gasteiger partial charge >= 0.3 is 0 Å². The molecule has 1 N–H and O–H groups in total. The van der Waals surface area contributed by atoms with Crippen LogP contribution in [0.4, 0.5) is 0 Å². The second kappa shape index (κ2) is 5.72. The Hall–Kier alpha value is -0.100. The van der Waals surface area contributed by atoms with Crippen LogP contribution in [0.25, 0.3) is 10.4 Å². The predicted octanol–water partition coefficient (Wildman–Crippen LogP) is 5.34. The molecule has 0 spiro atoms. The molecule has 2 aromatic rings. The van der Waals surface area contributed by atoms with Gasteiger partial charge < -0.3 is 5.32 Å². The first-order valence-corrected chi connectivity index (χ1v) is 8.69. The number of benzene rings is 1. The van der Waals surface area contributed by atoms with Gasteiger partial charge in [-0.05, 0) is 72.7 Å². The molecule has 1 fully saturated rings. The van der Waals surface area contributed by atoms with E-state index in [2.05, 4.69) is 53.2 Å². The quantitative estimate of drug-likeness (QED) is 0.679. The first kappa shape index (κ1) is 13.9. The Morgan fingerprint density at radius 2 is 2.11 bits per heavy atom. The molecule has 1 aliphatic carbocycles. The Morgan fingerprint density at radius 3 is 2.74 bits per heavy atom. The highest BCUT2D eigenvalue weighted by Crippen LogP contribution is 2.44. The smallest absolute Gasteiger partial charge is 0.0441 e. The molecule has 4 heteroatoms. The van der Waals surface area contributed by atoms with E-state index in [4.69, 9.17) is 11.6 Å². The van der Waals surface area contributed by atoms with Crippen LogP contribution < -0.4 is 5.32 Å². The standard InChI is InChI=1S/C15H15ClINS/c1-18-15(9-2-3-9)14-7-6-13(19-14)11-5-4-10(16)8-12(11)17/h4-9,15,18H,2-3H2,1H3. The van der Waals surface area contributed by atoms with E-state index in [-0.39, 0.29) is 0 Å². The van der Waals surface area contributed by atoms with Crippen molar-refractivity contribution in [3.63, 3.8) is 0 Å². The summed E-state index contributed by atoms with van der Waals surface area (Å²) in [5.41, 5.74) is 1.28. The van der Waals surface area contributed by atoms with E-state index in [1.807, 2.05) is 23.5 Å². The van der Waals surface area contributed by atoms with Crippen molar-refractivity contribution in [2.75, 3.05) is 7.05 Å². The van der Waals surface area contributed by atoms with Crippen LogP contribution in [0, 0.1) is 9.49 Å². The highest BCUT2D eigenvalue weighted by atomic mass is 127. The van der Waals surface area contributed by atoms with E-state index >= 15 is 0 Å². The molecule has 0 saturated heterocycles. The predicted molar refractivity (Wildman–Crippen MR) is 92.0 cm³/mol. The topological polar surface area (TPSA) is 12.0 Å². The Balaban J connectivity index is 1.91. The van der Waals surface area contributed by atoms with Crippen LogP contribution >= 0.6 is 45.5 Å². The van der Waals surface area contributed by atoms with Gasteiger partial charge in [-0.2, -0.15) is 0 Å². The van der Waals surface area contributed by atoms with Crippen molar-refractivity contribution >= 4 is 45.5 Å². The van der Waals surface area contributed by atoms with E-state index in [1.54, 1.807) is 0 Å². The lowest BCUT2D eigenvalue weighted by Crippen LogP contribution is -2.16. The van der Waals surface area contributed by atoms with Crippen molar-refractivity contribution in [2.24, 2.45) is 5.92 Å². The fourth-order valence-electron chi connectivity index (χ4n) is 2.39. The van der Waals surface area contributed by atoms with E-state index < -0.39 is 0 Å². The Morgan fingerprint density at radius 1 is 1.32 bits per heavy atom. The van der Waals surface area contributed by atoms with Gasteiger partial charge in [-0.3, -0.25) is 0 Å². The molecule has 0 amide bonds. The Bertz CT molecular complexity index is 592. The van der Waals surface area contributed by atoms with Crippen LogP contribution in [0.3, 0.4) is 0 Å². The van der Waals surface area contributed by atoms with E-state index in [9.17, 15) is 0 Å². The number of hydrogen-bond acceptors (Lipinski definition) is 2. The van der Waals surface area contributed by atoms with Crippen molar-refractivity contribution < 1.29 is 0 Å². The van der Waals surface area contributed by atoms with Crippen molar-refractivity contribution in [1.82, 2.24) is 5.32 Å². The lowest BCUT2D eigenvalue weighted by atomic mass is 10.1. The van der Waals surface area contributed by atoms with Crippen LogP contribution in [-0.4, -0.2) is 7.05 Å². The summed E-state index contributed by atoms with van der Waals surface area (Å²) in [4.78, 5) is 2.78. The highest BCUT2D eigenvalue weighted by Gasteiger charge is 2.32. The average molecular weight is 404 g/mol. The maximum atomic E-state index is 6.02. The summed E-state index contributed by atoms with van der Waals surface area (Å²) in [5.74, 6) is 0.834. The first-order chi connectivity index (χ1) is 9.19. The Kier molecular flexibility index (Phi) is 4.17. The molecule has 0 aliphatic heterocycles. The lowest BCUT2D eigenvalue weighted by molar-refractivity contribution is 0.537. The van der Waals surface area contributed by atoms with Crippen molar-refractivity contribution in [3.05, 3.63) is 43.8 Å². The summed E-state index contributed by atoms with van der Waals surface area (Å²) in [7, 11) is 2.06. The van der Waals surface area contributed by atoms with Crippen molar-refractivity contribution in [3.8, 4) is 10.4 Å². The molecule has 1 unspecified atom stereocenters. The zero-order valence-corrected chi connectivity index (χ0v) is 14.3. The molecule has 3 rings (SSSR count). The van der Waals surface area contributed by atoms with Crippen molar-refractivity contribution in [2.45, 2.75) is 18.9 Å². The summed E-state index contributed by atoms with van der Waals surface area (Å²) in [6.07, 6.45) is 2.72. The van der Waals surface area contributed by atoms with Crippen LogP contribution in [0.1, 0.15) is 23.8 Å². The number of halogens is 2. The summed E-state index contributed by atoms with van der Waals surface area (Å²) >= 11 is 10.3. The lowest BCUT2D eigenvalue weighted by Gasteiger charge is -2.12. The summed E-state index contributed by atoms with van der Waals surface area (Å²) in [6, 6.07) is 11.1. The van der Waals surface area contributed by atoms with Gasteiger partial charge in [0.15, 0.2) is 0 Å². The molecule has 1 aliphatic rings. The summed E-state index contributed by atoms with van der Waals surface area (Å²) in [6.45, 7) is 0. The summed E-state index contributed by atoms with van der Waals surface area (Å²) in [5, 5.41) is 4.26. The van der Waals surface area contributed by atoms with Gasteiger partial charge in [0.2, 0.25) is 0 Å². The zero-order valence-electron chi connectivity index (χ0n) is 10.6. The molecule has 1 nitrogen and oxygen atoms in total.